The number of aryl methyl sites for hydroxylation is 1. The standard InChI is InChI=1S/C18H21N3O3/c1-11(2)21-17(23)10-15(18(21)24)20-16(22)6-4-12-3-5-14-13(9-12)7-8-19-14/h3,5,7-9,11,15,19H,4,6,10H2,1-2H3,(H,20,22). The molecule has 1 aromatic heterocycles. The Labute approximate surface area is 140 Å². The van der Waals surface area contributed by atoms with E-state index in [0.717, 1.165) is 16.5 Å². The minimum atomic E-state index is -0.723. The molecule has 1 unspecified atom stereocenters. The largest absolute Gasteiger partial charge is 0.361 e. The summed E-state index contributed by atoms with van der Waals surface area (Å²) in [7, 11) is 0. The normalized spacial score (nSPS) is 18.0. The minimum absolute atomic E-state index is 0.0536. The number of hydrogen-bond acceptors (Lipinski definition) is 3. The van der Waals surface area contributed by atoms with Gasteiger partial charge in [0.25, 0.3) is 5.91 Å². The third kappa shape index (κ3) is 3.18. The van der Waals surface area contributed by atoms with Crippen LogP contribution in [0, 0.1) is 0 Å². The van der Waals surface area contributed by atoms with E-state index in [4.69, 9.17) is 0 Å². The zero-order chi connectivity index (χ0) is 17.3. The Morgan fingerprint density at radius 2 is 2.12 bits per heavy atom. The molecule has 24 heavy (non-hydrogen) atoms. The maximum Gasteiger partial charge on any atom is 0.252 e. The van der Waals surface area contributed by atoms with Crippen molar-refractivity contribution in [3.63, 3.8) is 0 Å². The van der Waals surface area contributed by atoms with E-state index in [0.29, 0.717) is 6.42 Å². The molecule has 6 nitrogen and oxygen atoms in total. The van der Waals surface area contributed by atoms with Crippen LogP contribution in [0.4, 0.5) is 0 Å². The average Bonchev–Trinajstić information content (AvgIpc) is 3.09. The fourth-order valence-corrected chi connectivity index (χ4v) is 3.09. The number of imide groups is 1. The summed E-state index contributed by atoms with van der Waals surface area (Å²) >= 11 is 0. The number of benzene rings is 1. The lowest BCUT2D eigenvalue weighted by Crippen LogP contribution is -2.43. The summed E-state index contributed by atoms with van der Waals surface area (Å²) in [6, 6.07) is 7.10. The predicted molar refractivity (Wildman–Crippen MR) is 90.2 cm³/mol. The number of nitrogens with one attached hydrogen (secondary N) is 2. The van der Waals surface area contributed by atoms with Crippen LogP contribution in [0.15, 0.2) is 30.5 Å². The number of rotatable bonds is 5. The van der Waals surface area contributed by atoms with Crippen molar-refractivity contribution in [3.05, 3.63) is 36.0 Å². The first kappa shape index (κ1) is 16.2. The Kier molecular flexibility index (Phi) is 4.38. The number of hydrogen-bond donors (Lipinski definition) is 2. The Bertz CT molecular complexity index is 794. The molecule has 2 N–H and O–H groups in total. The van der Waals surface area contributed by atoms with Gasteiger partial charge in [-0.25, -0.2) is 0 Å². The Hall–Kier alpha value is -2.63. The molecule has 1 aliphatic rings. The van der Waals surface area contributed by atoms with E-state index in [1.54, 1.807) is 13.8 Å². The van der Waals surface area contributed by atoms with E-state index >= 15 is 0 Å². The van der Waals surface area contributed by atoms with Crippen molar-refractivity contribution < 1.29 is 14.4 Å². The molecule has 1 saturated heterocycles. The van der Waals surface area contributed by atoms with Gasteiger partial charge in [0, 0.05) is 24.2 Å². The van der Waals surface area contributed by atoms with Gasteiger partial charge in [0.05, 0.1) is 6.42 Å². The summed E-state index contributed by atoms with van der Waals surface area (Å²) in [6.07, 6.45) is 2.81. The number of nitrogens with zero attached hydrogens (tertiary/aromatic N) is 1. The highest BCUT2D eigenvalue weighted by atomic mass is 16.2. The summed E-state index contributed by atoms with van der Waals surface area (Å²) in [5.41, 5.74) is 2.13. The monoisotopic (exact) mass is 327 g/mol. The third-order valence-corrected chi connectivity index (χ3v) is 4.29. The lowest BCUT2D eigenvalue weighted by atomic mass is 10.1. The Morgan fingerprint density at radius 1 is 1.33 bits per heavy atom. The number of aromatic amines is 1. The van der Waals surface area contributed by atoms with Gasteiger partial charge in [-0.1, -0.05) is 6.07 Å². The van der Waals surface area contributed by atoms with Crippen LogP contribution in [0.5, 0.6) is 0 Å². The maximum absolute atomic E-state index is 12.2. The number of carbonyl (C=O) groups is 3. The molecule has 0 saturated carbocycles. The molecule has 1 atom stereocenters. The number of carbonyl (C=O) groups excluding carboxylic acids is 3. The molecular formula is C18H21N3O3. The van der Waals surface area contributed by atoms with Gasteiger partial charge in [0.1, 0.15) is 6.04 Å². The van der Waals surface area contributed by atoms with Crippen LogP contribution in [-0.4, -0.2) is 39.7 Å². The lowest BCUT2D eigenvalue weighted by molar-refractivity contribution is -0.141. The van der Waals surface area contributed by atoms with Gasteiger partial charge in [-0.15, -0.1) is 0 Å². The first-order chi connectivity index (χ1) is 11.5. The molecule has 0 bridgehead atoms. The number of fused-ring (bicyclic) bond motifs is 1. The molecule has 2 heterocycles. The van der Waals surface area contributed by atoms with Crippen LogP contribution in [0.3, 0.4) is 0 Å². The molecule has 6 heteroatoms. The lowest BCUT2D eigenvalue weighted by Gasteiger charge is -2.19. The second-order valence-electron chi connectivity index (χ2n) is 6.42. The van der Waals surface area contributed by atoms with E-state index in [1.165, 1.54) is 4.90 Å². The molecule has 2 aromatic rings. The average molecular weight is 327 g/mol. The summed E-state index contributed by atoms with van der Waals surface area (Å²) in [4.78, 5) is 40.5. The topological polar surface area (TPSA) is 82.3 Å². The molecular weight excluding hydrogens is 306 g/mol. The molecule has 126 valence electrons. The van der Waals surface area contributed by atoms with Gasteiger partial charge in [-0.05, 0) is 49.4 Å². The van der Waals surface area contributed by atoms with Gasteiger partial charge >= 0.3 is 0 Å². The van der Waals surface area contributed by atoms with Crippen molar-refractivity contribution in [2.45, 2.75) is 45.2 Å². The van der Waals surface area contributed by atoms with Crippen molar-refractivity contribution in [1.29, 1.82) is 0 Å². The van der Waals surface area contributed by atoms with Gasteiger partial charge in [-0.2, -0.15) is 0 Å². The van der Waals surface area contributed by atoms with Crippen LogP contribution in [0.1, 0.15) is 32.3 Å². The van der Waals surface area contributed by atoms with Crippen LogP contribution in [0.25, 0.3) is 10.9 Å². The van der Waals surface area contributed by atoms with Gasteiger partial charge < -0.3 is 10.3 Å². The molecule has 1 aromatic carbocycles. The van der Waals surface area contributed by atoms with Gasteiger partial charge in [0.2, 0.25) is 11.8 Å². The molecule has 3 rings (SSSR count). The summed E-state index contributed by atoms with van der Waals surface area (Å²) in [6.45, 7) is 3.58. The molecule has 1 fully saturated rings. The predicted octanol–water partition coefficient (Wildman–Crippen LogP) is 1.75. The zero-order valence-electron chi connectivity index (χ0n) is 13.8. The van der Waals surface area contributed by atoms with Crippen LogP contribution in [-0.2, 0) is 20.8 Å². The van der Waals surface area contributed by atoms with Gasteiger partial charge in [-0.3, -0.25) is 19.3 Å². The van der Waals surface area contributed by atoms with Crippen LogP contribution >= 0.6 is 0 Å². The first-order valence-electron chi connectivity index (χ1n) is 8.17. The summed E-state index contributed by atoms with van der Waals surface area (Å²) in [5.74, 6) is -0.740. The molecule has 0 radical (unpaired) electrons. The molecule has 3 amide bonds. The van der Waals surface area contributed by atoms with E-state index in [2.05, 4.69) is 10.3 Å². The summed E-state index contributed by atoms with van der Waals surface area (Å²) < 4.78 is 0. The fraction of sp³-hybridized carbons (Fsp3) is 0.389. The van der Waals surface area contributed by atoms with E-state index in [-0.39, 0.29) is 36.6 Å². The first-order valence-corrected chi connectivity index (χ1v) is 8.17. The highest BCUT2D eigenvalue weighted by molar-refractivity contribution is 6.07. The highest BCUT2D eigenvalue weighted by Crippen LogP contribution is 2.17. The van der Waals surface area contributed by atoms with E-state index in [9.17, 15) is 14.4 Å². The fourth-order valence-electron chi connectivity index (χ4n) is 3.09. The quantitative estimate of drug-likeness (QED) is 0.821. The zero-order valence-corrected chi connectivity index (χ0v) is 13.8. The molecule has 0 aliphatic carbocycles. The minimum Gasteiger partial charge on any atom is -0.361 e. The van der Waals surface area contributed by atoms with Crippen LogP contribution < -0.4 is 5.32 Å². The SMILES string of the molecule is CC(C)N1C(=O)CC(NC(=O)CCc2ccc3[nH]ccc3c2)C1=O. The molecule has 1 aliphatic heterocycles. The van der Waals surface area contributed by atoms with Crippen molar-refractivity contribution in [1.82, 2.24) is 15.2 Å². The van der Waals surface area contributed by atoms with Crippen molar-refractivity contribution in [2.24, 2.45) is 0 Å². The van der Waals surface area contributed by atoms with Crippen molar-refractivity contribution in [2.75, 3.05) is 0 Å². The molecule has 0 spiro atoms. The number of likely N-dealkylation sites (tertiary alicyclic amines) is 1. The van der Waals surface area contributed by atoms with Crippen LogP contribution in [0.2, 0.25) is 0 Å². The Morgan fingerprint density at radius 3 is 2.83 bits per heavy atom. The number of aromatic nitrogens is 1. The second kappa shape index (κ2) is 6.47. The van der Waals surface area contributed by atoms with Crippen molar-refractivity contribution in [3.8, 4) is 0 Å². The maximum atomic E-state index is 12.2. The number of H-pyrrole nitrogens is 1. The van der Waals surface area contributed by atoms with Crippen molar-refractivity contribution >= 4 is 28.6 Å². The van der Waals surface area contributed by atoms with Gasteiger partial charge in [0.15, 0.2) is 0 Å². The highest BCUT2D eigenvalue weighted by Gasteiger charge is 2.40. The number of amides is 3. The third-order valence-electron chi connectivity index (χ3n) is 4.29. The summed E-state index contributed by atoms with van der Waals surface area (Å²) in [5, 5.41) is 3.80. The van der Waals surface area contributed by atoms with E-state index in [1.807, 2.05) is 30.5 Å². The smallest absolute Gasteiger partial charge is 0.252 e. The van der Waals surface area contributed by atoms with E-state index < -0.39 is 6.04 Å². The second-order valence-corrected chi connectivity index (χ2v) is 6.42. The Balaban J connectivity index is 1.56.